The molecular weight excluding hydrogens is 715 g/mol. The van der Waals surface area contributed by atoms with E-state index in [1.807, 2.05) is 0 Å². The van der Waals surface area contributed by atoms with Gasteiger partial charge in [0.15, 0.2) is 0 Å². The van der Waals surface area contributed by atoms with Crippen LogP contribution in [0, 0.1) is 17.5 Å². The number of nitrogens with one attached hydrogen (secondary N) is 1. The van der Waals surface area contributed by atoms with Crippen molar-refractivity contribution in [3.63, 3.8) is 0 Å². The van der Waals surface area contributed by atoms with Crippen LogP contribution in [0.3, 0.4) is 0 Å². The summed E-state index contributed by atoms with van der Waals surface area (Å²) in [6.45, 7) is 0.0748. The van der Waals surface area contributed by atoms with Crippen molar-refractivity contribution in [3.05, 3.63) is 106 Å². The number of ether oxygens (including phenoxy) is 2. The number of pyridine rings is 1. The van der Waals surface area contributed by atoms with Gasteiger partial charge in [0.2, 0.25) is 11.7 Å². The minimum Gasteiger partial charge on any atom is -0.494 e. The van der Waals surface area contributed by atoms with Gasteiger partial charge >= 0.3 is 6.18 Å². The number of aliphatic hydroxyl groups is 1. The molecule has 1 aliphatic heterocycles. The Hall–Kier alpha value is -5.71. The predicted molar refractivity (Wildman–Crippen MR) is 173 cm³/mol. The van der Waals surface area contributed by atoms with E-state index < -0.39 is 87.9 Å². The van der Waals surface area contributed by atoms with Gasteiger partial charge in [-0.25, -0.2) is 27.2 Å². The number of hydrogen-bond acceptors (Lipinski definition) is 7. The number of carbonyl (C=O) groups excluding carboxylic acids is 2. The van der Waals surface area contributed by atoms with Gasteiger partial charge in [-0.1, -0.05) is 12.1 Å². The lowest BCUT2D eigenvalue weighted by molar-refractivity contribution is -0.140. The molecule has 1 fully saturated rings. The highest BCUT2D eigenvalue weighted by molar-refractivity contribution is 6.00. The van der Waals surface area contributed by atoms with Crippen molar-refractivity contribution in [2.24, 2.45) is 5.73 Å². The summed E-state index contributed by atoms with van der Waals surface area (Å²) in [5, 5.41) is 19.6. The topological polar surface area (TPSA) is 142 Å². The summed E-state index contributed by atoms with van der Waals surface area (Å²) in [5.74, 6) is -7.93. The molecule has 2 aliphatic rings. The smallest absolute Gasteiger partial charge is 0.419 e. The number of fused-ring (bicyclic) bond motifs is 2. The third-order valence-electron chi connectivity index (χ3n) is 9.59. The Morgan fingerprint density at radius 1 is 1.08 bits per heavy atom. The van der Waals surface area contributed by atoms with Gasteiger partial charge in [0, 0.05) is 47.2 Å². The van der Waals surface area contributed by atoms with Gasteiger partial charge in [0.05, 0.1) is 24.9 Å². The van der Waals surface area contributed by atoms with Crippen LogP contribution in [0.1, 0.15) is 52.5 Å². The summed E-state index contributed by atoms with van der Waals surface area (Å²) in [6.07, 6.45) is -3.33. The van der Waals surface area contributed by atoms with Crippen LogP contribution in [0.2, 0.25) is 0 Å². The SMILES string of the molecule is COc1cc(C(=O)NC[C@@](O)(c2cccc(F)c2)c2cc3c(c(-c4cc(C(F)(F)F)c(F)cc4F)n2)OC[C@]3(C)C(N)=O)cc2cn(C3(F)CC3)nc12. The van der Waals surface area contributed by atoms with Crippen molar-refractivity contribution in [1.29, 1.82) is 0 Å². The van der Waals surface area contributed by atoms with Crippen LogP contribution < -0.4 is 20.5 Å². The highest BCUT2D eigenvalue weighted by atomic mass is 19.4. The van der Waals surface area contributed by atoms with E-state index in [0.717, 1.165) is 22.9 Å². The summed E-state index contributed by atoms with van der Waals surface area (Å²) >= 11 is 0. The molecule has 0 saturated heterocycles. The molecule has 0 bridgehead atoms. The number of rotatable bonds is 9. The van der Waals surface area contributed by atoms with Crippen LogP contribution in [0.4, 0.5) is 30.7 Å². The van der Waals surface area contributed by atoms with Crippen LogP contribution in [-0.2, 0) is 27.8 Å². The summed E-state index contributed by atoms with van der Waals surface area (Å²) in [4.78, 5) is 30.7. The molecule has 10 nitrogen and oxygen atoms in total. The highest BCUT2D eigenvalue weighted by Gasteiger charge is 2.48. The summed E-state index contributed by atoms with van der Waals surface area (Å²) in [6, 6.07) is 8.49. The number of aromatic nitrogens is 3. The van der Waals surface area contributed by atoms with Crippen LogP contribution in [0.25, 0.3) is 22.2 Å². The van der Waals surface area contributed by atoms with Gasteiger partial charge in [-0.05, 0) is 48.9 Å². The molecule has 53 heavy (non-hydrogen) atoms. The first-order valence-corrected chi connectivity index (χ1v) is 16.0. The van der Waals surface area contributed by atoms with Gasteiger partial charge in [0.25, 0.3) is 5.91 Å². The Kier molecular flexibility index (Phi) is 8.20. The van der Waals surface area contributed by atoms with Gasteiger partial charge < -0.3 is 25.6 Å². The van der Waals surface area contributed by atoms with Crippen LogP contribution in [-0.4, -0.2) is 51.9 Å². The molecule has 0 spiro atoms. The van der Waals surface area contributed by atoms with Crippen molar-refractivity contribution in [3.8, 4) is 22.8 Å². The second kappa shape index (κ2) is 12.2. The first kappa shape index (κ1) is 35.7. The first-order valence-electron chi connectivity index (χ1n) is 16.0. The maximum Gasteiger partial charge on any atom is 0.419 e. The molecule has 3 heterocycles. The van der Waals surface area contributed by atoms with E-state index in [2.05, 4.69) is 15.4 Å². The van der Waals surface area contributed by atoms with E-state index in [-0.39, 0.29) is 58.7 Å². The molecule has 5 aromatic rings. The van der Waals surface area contributed by atoms with Crippen LogP contribution >= 0.6 is 0 Å². The molecule has 4 N–H and O–H groups in total. The van der Waals surface area contributed by atoms with Gasteiger partial charge in [-0.2, -0.15) is 18.3 Å². The third-order valence-corrected chi connectivity index (χ3v) is 9.59. The van der Waals surface area contributed by atoms with Crippen molar-refractivity contribution in [1.82, 2.24) is 20.1 Å². The first-order chi connectivity index (χ1) is 24.9. The van der Waals surface area contributed by atoms with E-state index in [9.17, 15) is 41.0 Å². The average molecular weight is 744 g/mol. The fourth-order valence-electron chi connectivity index (χ4n) is 6.25. The van der Waals surface area contributed by atoms with Gasteiger partial charge in [0.1, 0.15) is 57.8 Å². The Morgan fingerprint density at radius 2 is 1.81 bits per heavy atom. The zero-order valence-corrected chi connectivity index (χ0v) is 27.7. The Bertz CT molecular complexity index is 2340. The van der Waals surface area contributed by atoms with E-state index in [1.54, 1.807) is 0 Å². The fraction of sp³-hybridized carbons (Fsp3) is 0.278. The maximum absolute atomic E-state index is 15.4. The number of alkyl halides is 4. The molecule has 3 aromatic carbocycles. The van der Waals surface area contributed by atoms with Crippen LogP contribution in [0.5, 0.6) is 11.5 Å². The molecule has 1 saturated carbocycles. The predicted octanol–water partition coefficient (Wildman–Crippen LogP) is 5.76. The number of benzene rings is 3. The quantitative estimate of drug-likeness (QED) is 0.163. The van der Waals surface area contributed by atoms with E-state index in [4.69, 9.17) is 15.2 Å². The lowest BCUT2D eigenvalue weighted by Gasteiger charge is -2.30. The lowest BCUT2D eigenvalue weighted by Crippen LogP contribution is -2.43. The summed E-state index contributed by atoms with van der Waals surface area (Å²) < 4.78 is 113. The normalized spacial score (nSPS) is 18.6. The molecule has 7 rings (SSSR count). The van der Waals surface area contributed by atoms with Crippen molar-refractivity contribution in [2.45, 2.75) is 42.8 Å². The minimum absolute atomic E-state index is 0.00694. The minimum atomic E-state index is -5.27. The van der Waals surface area contributed by atoms with Crippen molar-refractivity contribution >= 4 is 22.7 Å². The van der Waals surface area contributed by atoms with Gasteiger partial charge in [-0.15, -0.1) is 0 Å². The number of nitrogens with zero attached hydrogens (tertiary/aromatic N) is 3. The molecule has 2 atom stereocenters. The number of carbonyl (C=O) groups is 2. The molecule has 2 amide bonds. The van der Waals surface area contributed by atoms with Crippen molar-refractivity contribution in [2.75, 3.05) is 20.3 Å². The molecular formula is C36H28F7N5O5. The number of halogens is 7. The zero-order chi connectivity index (χ0) is 38.2. The molecule has 17 heteroatoms. The van der Waals surface area contributed by atoms with Gasteiger partial charge in [-0.3, -0.25) is 9.59 Å². The molecule has 0 radical (unpaired) electrons. The van der Waals surface area contributed by atoms with E-state index in [0.29, 0.717) is 5.39 Å². The van der Waals surface area contributed by atoms with Crippen LogP contribution in [0.15, 0.2) is 60.8 Å². The standard InChI is InChI=1S/C36H28F7N5O5/c1-33(32(44)50)16-53-30-23(33)12-27(46-29(30)21-11-22(36(41,42)43)25(39)13-24(21)38)35(51,19-4-3-5-20(37)10-19)15-45-31(49)17-8-18-14-48(34(40)6-7-34)47-28(18)26(9-17)52-2/h3-5,8-14,51H,6-7,15-16H2,1-2H3,(H2,44,50)(H,45,49)/t33-,35+/m0/s1. The van der Waals surface area contributed by atoms with E-state index in [1.165, 1.54) is 44.5 Å². The third kappa shape index (κ3) is 5.97. The Balaban J connectivity index is 1.37. The second-order valence-electron chi connectivity index (χ2n) is 13.2. The summed E-state index contributed by atoms with van der Waals surface area (Å²) in [5.41, 5.74) is -2.56. The lowest BCUT2D eigenvalue weighted by atomic mass is 9.80. The number of primary amides is 1. The number of nitrogens with two attached hydrogens (primary N) is 1. The maximum atomic E-state index is 15.4. The monoisotopic (exact) mass is 743 g/mol. The van der Waals surface area contributed by atoms with E-state index >= 15 is 4.39 Å². The Morgan fingerprint density at radius 3 is 2.45 bits per heavy atom. The average Bonchev–Trinajstić information content (AvgIpc) is 3.53. The number of amides is 2. The molecule has 2 aromatic heterocycles. The Labute approximate surface area is 295 Å². The fourth-order valence-corrected chi connectivity index (χ4v) is 6.25. The second-order valence-corrected chi connectivity index (χ2v) is 13.2. The zero-order valence-electron chi connectivity index (χ0n) is 27.7. The molecule has 0 unspecified atom stereocenters. The number of methoxy groups -OCH3 is 1. The van der Waals surface area contributed by atoms with Crippen molar-refractivity contribution < 1.29 is 54.9 Å². The molecule has 1 aliphatic carbocycles. The largest absolute Gasteiger partial charge is 0.494 e. The summed E-state index contributed by atoms with van der Waals surface area (Å²) in [7, 11) is 1.32. The molecule has 276 valence electrons. The highest BCUT2D eigenvalue weighted by Crippen LogP contribution is 2.48. The number of hydrogen-bond donors (Lipinski definition) is 3.